The zero-order valence-corrected chi connectivity index (χ0v) is 9.19. The fourth-order valence-electron chi connectivity index (χ4n) is 1.62. The lowest BCUT2D eigenvalue weighted by Gasteiger charge is -2.22. The molecule has 0 saturated carbocycles. The third kappa shape index (κ3) is 2.18. The van der Waals surface area contributed by atoms with Crippen LogP contribution >= 0.6 is 0 Å². The Morgan fingerprint density at radius 1 is 1.60 bits per heavy atom. The van der Waals surface area contributed by atoms with Crippen molar-refractivity contribution < 1.29 is 9.26 Å². The number of methoxy groups -OCH3 is 1. The smallest absolute Gasteiger partial charge is 0.232 e. The summed E-state index contributed by atoms with van der Waals surface area (Å²) in [6.45, 7) is 3.99. The van der Waals surface area contributed by atoms with Crippen molar-refractivity contribution in [3.05, 3.63) is 11.7 Å². The lowest BCUT2D eigenvalue weighted by atomic mass is 10.0. The van der Waals surface area contributed by atoms with Gasteiger partial charge in [0.2, 0.25) is 11.7 Å². The zero-order valence-electron chi connectivity index (χ0n) is 9.19. The van der Waals surface area contributed by atoms with Crippen molar-refractivity contribution in [1.82, 2.24) is 15.5 Å². The van der Waals surface area contributed by atoms with Crippen LogP contribution in [0.2, 0.25) is 0 Å². The molecule has 0 radical (unpaired) electrons. The molecular formula is C10H17N3O2. The third-order valence-electron chi connectivity index (χ3n) is 2.71. The summed E-state index contributed by atoms with van der Waals surface area (Å²) < 4.78 is 10.5. The highest BCUT2D eigenvalue weighted by molar-refractivity contribution is 5.02. The fourth-order valence-corrected chi connectivity index (χ4v) is 1.62. The van der Waals surface area contributed by atoms with Crippen molar-refractivity contribution >= 4 is 0 Å². The monoisotopic (exact) mass is 211 g/mol. The molecule has 15 heavy (non-hydrogen) atoms. The Morgan fingerprint density at radius 2 is 2.40 bits per heavy atom. The Bertz CT molecular complexity index is 309. The summed E-state index contributed by atoms with van der Waals surface area (Å²) in [4.78, 5) is 4.38. The van der Waals surface area contributed by atoms with Gasteiger partial charge < -0.3 is 14.6 Å². The van der Waals surface area contributed by atoms with E-state index >= 15 is 0 Å². The minimum Gasteiger partial charge on any atom is -0.373 e. The summed E-state index contributed by atoms with van der Waals surface area (Å²) in [5.74, 6) is 1.81. The summed E-state index contributed by atoms with van der Waals surface area (Å²) >= 11 is 0. The van der Waals surface area contributed by atoms with Crippen molar-refractivity contribution in [3.63, 3.8) is 0 Å². The molecule has 1 atom stereocenters. The van der Waals surface area contributed by atoms with Gasteiger partial charge in [-0.2, -0.15) is 4.98 Å². The van der Waals surface area contributed by atoms with Gasteiger partial charge in [0.15, 0.2) is 0 Å². The number of hydrogen-bond donors (Lipinski definition) is 1. The third-order valence-corrected chi connectivity index (χ3v) is 2.71. The minimum atomic E-state index is -0.0273. The highest BCUT2D eigenvalue weighted by atomic mass is 16.5. The van der Waals surface area contributed by atoms with E-state index in [0.717, 1.165) is 31.8 Å². The van der Waals surface area contributed by atoms with E-state index in [2.05, 4.69) is 22.4 Å². The molecule has 1 unspecified atom stereocenters. The largest absolute Gasteiger partial charge is 0.373 e. The molecule has 84 valence electrons. The van der Waals surface area contributed by atoms with Crippen LogP contribution in [-0.2, 0) is 4.74 Å². The van der Waals surface area contributed by atoms with Crippen LogP contribution in [0.3, 0.4) is 0 Å². The molecule has 1 aliphatic heterocycles. The minimum absolute atomic E-state index is 0.0273. The molecule has 1 aliphatic rings. The highest BCUT2D eigenvalue weighted by Crippen LogP contribution is 2.23. The molecule has 0 amide bonds. The van der Waals surface area contributed by atoms with E-state index < -0.39 is 0 Å². The van der Waals surface area contributed by atoms with Crippen LogP contribution < -0.4 is 5.32 Å². The Kier molecular flexibility index (Phi) is 3.33. The molecule has 2 rings (SSSR count). The maximum absolute atomic E-state index is 5.32. The van der Waals surface area contributed by atoms with E-state index in [0.29, 0.717) is 11.7 Å². The van der Waals surface area contributed by atoms with Crippen LogP contribution in [0, 0.1) is 0 Å². The van der Waals surface area contributed by atoms with Gasteiger partial charge in [-0.3, -0.25) is 0 Å². The molecule has 0 bridgehead atoms. The van der Waals surface area contributed by atoms with E-state index in [9.17, 15) is 0 Å². The summed E-state index contributed by atoms with van der Waals surface area (Å²) in [7, 11) is 1.68. The summed E-state index contributed by atoms with van der Waals surface area (Å²) in [5.41, 5.74) is 0. The first kappa shape index (κ1) is 10.6. The van der Waals surface area contributed by atoms with E-state index in [1.807, 2.05) is 0 Å². The van der Waals surface area contributed by atoms with Crippen LogP contribution in [0.4, 0.5) is 0 Å². The lowest BCUT2D eigenvalue weighted by Crippen LogP contribution is -2.40. The van der Waals surface area contributed by atoms with Crippen LogP contribution in [0.25, 0.3) is 0 Å². The summed E-state index contributed by atoms with van der Waals surface area (Å²) in [6.07, 6.45) is 1.95. The van der Waals surface area contributed by atoms with Gasteiger partial charge in [0, 0.05) is 20.2 Å². The van der Waals surface area contributed by atoms with Crippen LogP contribution in [-0.4, -0.2) is 30.3 Å². The number of aromatic nitrogens is 2. The number of rotatable bonds is 5. The van der Waals surface area contributed by atoms with Crippen molar-refractivity contribution in [1.29, 1.82) is 0 Å². The molecule has 1 fully saturated rings. The molecule has 1 N–H and O–H groups in total. The van der Waals surface area contributed by atoms with Crippen LogP contribution in [0.1, 0.15) is 43.5 Å². The second-order valence-corrected chi connectivity index (χ2v) is 3.86. The van der Waals surface area contributed by atoms with Gasteiger partial charge in [-0.05, 0) is 6.42 Å². The van der Waals surface area contributed by atoms with Gasteiger partial charge in [-0.1, -0.05) is 18.5 Å². The zero-order chi connectivity index (χ0) is 10.7. The SMILES string of the molecule is CCCC(OC)c1noc(C2CNC2)n1. The first-order chi connectivity index (χ1) is 7.35. The Hall–Kier alpha value is -0.940. The quantitative estimate of drug-likeness (QED) is 0.794. The van der Waals surface area contributed by atoms with E-state index in [1.54, 1.807) is 7.11 Å². The molecule has 1 aromatic rings. The van der Waals surface area contributed by atoms with Crippen molar-refractivity contribution in [2.24, 2.45) is 0 Å². The molecule has 0 aromatic carbocycles. The predicted octanol–water partition coefficient (Wildman–Crippen LogP) is 1.24. The van der Waals surface area contributed by atoms with Crippen molar-refractivity contribution in [3.8, 4) is 0 Å². The Morgan fingerprint density at radius 3 is 2.93 bits per heavy atom. The molecule has 2 heterocycles. The maximum Gasteiger partial charge on any atom is 0.232 e. The van der Waals surface area contributed by atoms with Crippen LogP contribution in [0.15, 0.2) is 4.52 Å². The second-order valence-electron chi connectivity index (χ2n) is 3.86. The molecular weight excluding hydrogens is 194 g/mol. The van der Waals surface area contributed by atoms with Crippen molar-refractivity contribution in [2.45, 2.75) is 31.8 Å². The number of nitrogens with zero attached hydrogens (tertiary/aromatic N) is 2. The molecule has 1 aromatic heterocycles. The van der Waals surface area contributed by atoms with Gasteiger partial charge in [0.25, 0.3) is 0 Å². The molecule has 5 heteroatoms. The molecule has 0 spiro atoms. The number of nitrogens with one attached hydrogen (secondary N) is 1. The van der Waals surface area contributed by atoms with Gasteiger partial charge in [0.1, 0.15) is 6.10 Å². The Labute approximate surface area is 89.2 Å². The number of ether oxygens (including phenoxy) is 1. The molecule has 0 aliphatic carbocycles. The molecule has 5 nitrogen and oxygen atoms in total. The summed E-state index contributed by atoms with van der Waals surface area (Å²) in [6, 6.07) is 0. The van der Waals surface area contributed by atoms with E-state index in [1.165, 1.54) is 0 Å². The summed E-state index contributed by atoms with van der Waals surface area (Å²) in [5, 5.41) is 7.15. The van der Waals surface area contributed by atoms with Gasteiger partial charge in [-0.15, -0.1) is 0 Å². The second kappa shape index (κ2) is 4.72. The molecule has 1 saturated heterocycles. The fraction of sp³-hybridized carbons (Fsp3) is 0.800. The van der Waals surface area contributed by atoms with Crippen molar-refractivity contribution in [2.75, 3.05) is 20.2 Å². The first-order valence-electron chi connectivity index (χ1n) is 5.42. The normalized spacial score (nSPS) is 18.8. The van der Waals surface area contributed by atoms with Crippen LogP contribution in [0.5, 0.6) is 0 Å². The van der Waals surface area contributed by atoms with E-state index in [4.69, 9.17) is 9.26 Å². The number of hydrogen-bond acceptors (Lipinski definition) is 5. The van der Waals surface area contributed by atoms with Gasteiger partial charge in [0.05, 0.1) is 5.92 Å². The highest BCUT2D eigenvalue weighted by Gasteiger charge is 2.26. The topological polar surface area (TPSA) is 60.2 Å². The standard InChI is InChI=1S/C10H17N3O2/c1-3-4-8(14-2)9-12-10(15-13-9)7-5-11-6-7/h7-8,11H,3-6H2,1-2H3. The van der Waals surface area contributed by atoms with E-state index in [-0.39, 0.29) is 6.10 Å². The van der Waals surface area contributed by atoms with Gasteiger partial charge in [-0.25, -0.2) is 0 Å². The average molecular weight is 211 g/mol. The first-order valence-corrected chi connectivity index (χ1v) is 5.42. The Balaban J connectivity index is 2.03. The van der Waals surface area contributed by atoms with Gasteiger partial charge >= 0.3 is 0 Å². The lowest BCUT2D eigenvalue weighted by molar-refractivity contribution is 0.0854. The average Bonchev–Trinajstić information content (AvgIpc) is 2.60. The maximum atomic E-state index is 5.32. The predicted molar refractivity (Wildman–Crippen MR) is 54.6 cm³/mol.